The van der Waals surface area contributed by atoms with E-state index in [-0.39, 0.29) is 12.2 Å². The molecule has 0 saturated heterocycles. The quantitative estimate of drug-likeness (QED) is 0.540. The summed E-state index contributed by atoms with van der Waals surface area (Å²) < 4.78 is 41.9. The van der Waals surface area contributed by atoms with Gasteiger partial charge in [0.05, 0.1) is 5.69 Å². The molecule has 0 bridgehead atoms. The molecule has 0 spiro atoms. The Morgan fingerprint density at radius 2 is 1.75 bits per heavy atom. The molecule has 32 heavy (non-hydrogen) atoms. The van der Waals surface area contributed by atoms with E-state index >= 15 is 0 Å². The normalized spacial score (nSPS) is 12.3. The molecule has 2 aromatic carbocycles. The van der Waals surface area contributed by atoms with Gasteiger partial charge in [-0.3, -0.25) is 9.59 Å². The van der Waals surface area contributed by atoms with Crippen LogP contribution in [0.2, 0.25) is 0 Å². The monoisotopic (exact) mass is 528 g/mol. The lowest BCUT2D eigenvalue weighted by molar-refractivity contribution is -0.139. The first-order valence-electron chi connectivity index (χ1n) is 9.68. The van der Waals surface area contributed by atoms with E-state index in [1.807, 2.05) is 12.1 Å². The summed E-state index contributed by atoms with van der Waals surface area (Å²) in [6, 6.07) is 11.2. The van der Waals surface area contributed by atoms with Gasteiger partial charge in [0.1, 0.15) is 18.4 Å². The summed E-state index contributed by atoms with van der Waals surface area (Å²) >= 11 is 3.38. The summed E-state index contributed by atoms with van der Waals surface area (Å²) in [5.41, 5.74) is 0.885. The van der Waals surface area contributed by atoms with Gasteiger partial charge in [0.15, 0.2) is 0 Å². The van der Waals surface area contributed by atoms with Gasteiger partial charge in [-0.1, -0.05) is 28.1 Å². The summed E-state index contributed by atoms with van der Waals surface area (Å²) in [5, 5.41) is 2.51. The highest BCUT2D eigenvalue weighted by Crippen LogP contribution is 2.21. The van der Waals surface area contributed by atoms with Crippen LogP contribution >= 0.6 is 15.9 Å². The molecule has 2 amide bonds. The Labute approximate surface area is 196 Å². The molecule has 0 aromatic heterocycles. The number of carbonyl (C=O) groups is 2. The molecular weight excluding hydrogens is 503 g/mol. The highest BCUT2D eigenvalue weighted by Gasteiger charge is 2.32. The number of hydrogen-bond donors (Lipinski definition) is 1. The van der Waals surface area contributed by atoms with Gasteiger partial charge in [-0.25, -0.2) is 8.70 Å². The van der Waals surface area contributed by atoms with Crippen LogP contribution in [0.1, 0.15) is 12.5 Å². The van der Waals surface area contributed by atoms with Crippen molar-refractivity contribution in [3.05, 3.63) is 64.4 Å². The second-order valence-electron chi connectivity index (χ2n) is 7.22. The van der Waals surface area contributed by atoms with Crippen molar-refractivity contribution < 1.29 is 22.4 Å². The minimum Gasteiger partial charge on any atom is -0.357 e. The van der Waals surface area contributed by atoms with Crippen molar-refractivity contribution in [2.75, 3.05) is 32.0 Å². The number of halogens is 2. The summed E-state index contributed by atoms with van der Waals surface area (Å²) in [5.74, 6) is -1.51. The average molecular weight is 529 g/mol. The summed E-state index contributed by atoms with van der Waals surface area (Å²) in [4.78, 5) is 27.0. The van der Waals surface area contributed by atoms with Crippen molar-refractivity contribution in [1.82, 2.24) is 14.5 Å². The Hall–Kier alpha value is -2.50. The van der Waals surface area contributed by atoms with Crippen molar-refractivity contribution in [2.45, 2.75) is 19.5 Å². The Balaban J connectivity index is 2.44. The predicted octanol–water partition coefficient (Wildman–Crippen LogP) is 2.36. The van der Waals surface area contributed by atoms with Gasteiger partial charge in [-0.15, -0.1) is 0 Å². The van der Waals surface area contributed by atoms with Gasteiger partial charge in [-0.2, -0.15) is 12.7 Å². The second kappa shape index (κ2) is 10.9. The number of nitrogens with zero attached hydrogens (tertiary/aromatic N) is 3. The standard InChI is InChI=1S/C21H26BrFN4O4S/c1-15(21(29)24-2)26(13-16-6-5-7-17(22)12-16)20(28)14-27(32(30,31)25(3)4)19-10-8-18(23)9-11-19/h5-12,15H,13-14H2,1-4H3,(H,24,29)/t15-/m0/s1. The molecular formula is C21H26BrFN4O4S. The molecule has 11 heteroatoms. The molecule has 1 N–H and O–H groups in total. The van der Waals surface area contributed by atoms with Crippen LogP contribution < -0.4 is 9.62 Å². The molecule has 1 atom stereocenters. The summed E-state index contributed by atoms with van der Waals surface area (Å²) in [7, 11) is 0.0565. The zero-order valence-corrected chi connectivity index (χ0v) is 20.7. The van der Waals surface area contributed by atoms with Crippen LogP contribution in [0.4, 0.5) is 10.1 Å². The molecule has 2 rings (SSSR count). The zero-order chi connectivity index (χ0) is 24.1. The van der Waals surface area contributed by atoms with Crippen LogP contribution in [0.25, 0.3) is 0 Å². The molecule has 174 valence electrons. The number of anilines is 1. The smallest absolute Gasteiger partial charge is 0.304 e. The van der Waals surface area contributed by atoms with Crippen LogP contribution in [0.15, 0.2) is 53.0 Å². The zero-order valence-electron chi connectivity index (χ0n) is 18.2. The van der Waals surface area contributed by atoms with E-state index in [9.17, 15) is 22.4 Å². The molecule has 0 radical (unpaired) electrons. The number of hydrogen-bond acceptors (Lipinski definition) is 4. The predicted molar refractivity (Wildman–Crippen MR) is 125 cm³/mol. The van der Waals surface area contributed by atoms with Crippen molar-refractivity contribution >= 4 is 43.6 Å². The SMILES string of the molecule is CNC(=O)[C@H](C)N(Cc1cccc(Br)c1)C(=O)CN(c1ccc(F)cc1)S(=O)(=O)N(C)C. The van der Waals surface area contributed by atoms with E-state index in [2.05, 4.69) is 21.2 Å². The van der Waals surface area contributed by atoms with Crippen molar-refractivity contribution in [1.29, 1.82) is 0 Å². The van der Waals surface area contributed by atoms with Crippen LogP contribution in [0.3, 0.4) is 0 Å². The largest absolute Gasteiger partial charge is 0.357 e. The van der Waals surface area contributed by atoms with Crippen molar-refractivity contribution in [3.63, 3.8) is 0 Å². The Morgan fingerprint density at radius 1 is 1.12 bits per heavy atom. The molecule has 0 aliphatic heterocycles. The number of nitrogens with one attached hydrogen (secondary N) is 1. The minimum atomic E-state index is -4.08. The third-order valence-corrected chi connectivity index (χ3v) is 7.10. The second-order valence-corrected chi connectivity index (χ2v) is 10.2. The molecule has 0 aliphatic carbocycles. The number of amides is 2. The lowest BCUT2D eigenvalue weighted by atomic mass is 10.1. The van der Waals surface area contributed by atoms with Gasteiger partial charge in [0, 0.05) is 32.2 Å². The van der Waals surface area contributed by atoms with E-state index in [1.165, 1.54) is 38.2 Å². The molecule has 0 heterocycles. The Morgan fingerprint density at radius 3 is 2.28 bits per heavy atom. The maximum absolute atomic E-state index is 13.4. The van der Waals surface area contributed by atoms with Crippen LogP contribution in [-0.2, 0) is 26.3 Å². The third-order valence-electron chi connectivity index (χ3n) is 4.79. The summed E-state index contributed by atoms with van der Waals surface area (Å²) in [6.45, 7) is 1.09. The van der Waals surface area contributed by atoms with Gasteiger partial charge in [0.25, 0.3) is 0 Å². The minimum absolute atomic E-state index is 0.0894. The summed E-state index contributed by atoms with van der Waals surface area (Å²) in [6.07, 6.45) is 0. The topological polar surface area (TPSA) is 90.0 Å². The number of likely N-dealkylation sites (N-methyl/N-ethyl adjacent to an activating group) is 1. The molecule has 0 unspecified atom stereocenters. The maximum Gasteiger partial charge on any atom is 0.304 e. The molecule has 0 fully saturated rings. The van der Waals surface area contributed by atoms with E-state index in [0.717, 1.165) is 30.8 Å². The number of carbonyl (C=O) groups excluding carboxylic acids is 2. The highest BCUT2D eigenvalue weighted by molar-refractivity contribution is 9.10. The lowest BCUT2D eigenvalue weighted by Gasteiger charge is -2.32. The fourth-order valence-corrected chi connectivity index (χ4v) is 4.45. The Kier molecular flexibility index (Phi) is 8.76. The maximum atomic E-state index is 13.4. The molecule has 8 nitrogen and oxygen atoms in total. The van der Waals surface area contributed by atoms with E-state index in [4.69, 9.17) is 0 Å². The highest BCUT2D eigenvalue weighted by atomic mass is 79.9. The fourth-order valence-electron chi connectivity index (χ4n) is 2.95. The van der Waals surface area contributed by atoms with E-state index in [1.54, 1.807) is 19.1 Å². The first kappa shape index (κ1) is 25.8. The Bertz CT molecular complexity index is 1060. The van der Waals surface area contributed by atoms with Crippen LogP contribution in [0.5, 0.6) is 0 Å². The van der Waals surface area contributed by atoms with Crippen molar-refractivity contribution in [2.24, 2.45) is 0 Å². The van der Waals surface area contributed by atoms with Gasteiger partial charge >= 0.3 is 10.2 Å². The van der Waals surface area contributed by atoms with Crippen molar-refractivity contribution in [3.8, 4) is 0 Å². The fraction of sp³-hybridized carbons (Fsp3) is 0.333. The molecule has 0 saturated carbocycles. The average Bonchev–Trinajstić information content (AvgIpc) is 2.75. The number of benzene rings is 2. The van der Waals surface area contributed by atoms with Gasteiger partial charge in [0.2, 0.25) is 11.8 Å². The lowest BCUT2D eigenvalue weighted by Crippen LogP contribution is -2.52. The first-order chi connectivity index (χ1) is 15.0. The van der Waals surface area contributed by atoms with Gasteiger partial charge in [-0.05, 0) is 48.9 Å². The van der Waals surface area contributed by atoms with Crippen LogP contribution in [-0.4, -0.2) is 63.2 Å². The first-order valence-corrected chi connectivity index (χ1v) is 11.9. The van der Waals surface area contributed by atoms with Gasteiger partial charge < -0.3 is 10.2 Å². The van der Waals surface area contributed by atoms with Crippen LogP contribution in [0, 0.1) is 5.82 Å². The third kappa shape index (κ3) is 6.27. The molecule has 0 aliphatic rings. The molecule has 2 aromatic rings. The van der Waals surface area contributed by atoms with E-state index < -0.39 is 40.4 Å². The number of rotatable bonds is 9. The van der Waals surface area contributed by atoms with E-state index in [0.29, 0.717) is 0 Å².